The van der Waals surface area contributed by atoms with Crippen molar-refractivity contribution in [2.24, 2.45) is 5.73 Å². The number of unbranched alkanes of at least 4 members (excludes halogenated alkanes) is 21. The molecule has 0 fully saturated rings. The van der Waals surface area contributed by atoms with Gasteiger partial charge >= 0.3 is 25.7 Å². The third kappa shape index (κ3) is 42.2. The van der Waals surface area contributed by atoms with Gasteiger partial charge in [0.2, 0.25) is 0 Å². The molecular formula is C48H84NO11P. The van der Waals surface area contributed by atoms with Crippen LogP contribution in [-0.4, -0.2) is 65.7 Å². The molecule has 0 aliphatic carbocycles. The summed E-state index contributed by atoms with van der Waals surface area (Å²) in [5.41, 5.74) is 5.33. The number of carboxylic acids is 1. The van der Waals surface area contributed by atoms with Gasteiger partial charge in [-0.15, -0.1) is 0 Å². The zero-order valence-electron chi connectivity index (χ0n) is 38.0. The third-order valence-electron chi connectivity index (χ3n) is 10.1. The lowest BCUT2D eigenvalue weighted by molar-refractivity contribution is -0.161. The molecule has 0 aromatic carbocycles. The lowest BCUT2D eigenvalue weighted by Crippen LogP contribution is -2.34. The van der Waals surface area contributed by atoms with E-state index >= 15 is 0 Å². The fourth-order valence-corrected chi connectivity index (χ4v) is 7.09. The van der Waals surface area contributed by atoms with Crippen molar-refractivity contribution in [2.75, 3.05) is 19.8 Å². The number of carbonyl (C=O) groups is 4. The second-order valence-electron chi connectivity index (χ2n) is 15.9. The monoisotopic (exact) mass is 882 g/mol. The number of ether oxygens (including phenoxy) is 2. The summed E-state index contributed by atoms with van der Waals surface area (Å²) in [6, 6.07) is -1.55. The van der Waals surface area contributed by atoms with Crippen molar-refractivity contribution in [3.63, 3.8) is 0 Å². The molecule has 61 heavy (non-hydrogen) atoms. The standard InChI is InChI=1S/C48H84NO11P/c1-3-5-7-9-11-13-15-17-18-19-20-21-22-24-26-28-30-32-34-38-47(52)60-44(41-58-61(55,56)59-42-45(49)48(53)54)40-57-46(51)39-35-37-43(50)36-33-31-29-27-25-23-16-14-12-10-8-6-4-2/h12,14,23,25,29,31,33,36,44-45H,3-11,13,15-22,24,26-28,30,32,34-35,37-42,49H2,1-2H3,(H,53,54)(H,55,56)/b14-12-,25-23-,31-29-,36-33+/t44-,45+/m1/s1. The van der Waals surface area contributed by atoms with E-state index in [1.165, 1.54) is 122 Å². The molecule has 0 aromatic heterocycles. The number of phosphoric acid groups is 1. The van der Waals surface area contributed by atoms with Crippen molar-refractivity contribution >= 4 is 31.5 Å². The van der Waals surface area contributed by atoms with Crippen molar-refractivity contribution in [2.45, 2.75) is 212 Å². The Labute approximate surface area is 369 Å². The average molecular weight is 882 g/mol. The summed E-state index contributed by atoms with van der Waals surface area (Å²) < 4.78 is 32.6. The van der Waals surface area contributed by atoms with Crippen LogP contribution in [0.2, 0.25) is 0 Å². The number of allylic oxidation sites excluding steroid dienone is 8. The number of esters is 2. The molecule has 0 radical (unpaired) electrons. The summed E-state index contributed by atoms with van der Waals surface area (Å²) in [7, 11) is -4.77. The Morgan fingerprint density at radius 2 is 1.03 bits per heavy atom. The average Bonchev–Trinajstić information content (AvgIpc) is 3.23. The minimum Gasteiger partial charge on any atom is -0.480 e. The van der Waals surface area contributed by atoms with Crippen LogP contribution in [0.4, 0.5) is 0 Å². The van der Waals surface area contributed by atoms with E-state index in [0.29, 0.717) is 6.42 Å². The highest BCUT2D eigenvalue weighted by Crippen LogP contribution is 2.43. The first-order chi connectivity index (χ1) is 29.5. The van der Waals surface area contributed by atoms with Crippen molar-refractivity contribution in [1.82, 2.24) is 0 Å². The number of ketones is 1. The smallest absolute Gasteiger partial charge is 0.472 e. The Hall–Kier alpha value is -2.89. The van der Waals surface area contributed by atoms with E-state index < -0.39 is 57.7 Å². The van der Waals surface area contributed by atoms with Crippen LogP contribution in [-0.2, 0) is 42.3 Å². The van der Waals surface area contributed by atoms with Crippen LogP contribution in [0.25, 0.3) is 0 Å². The molecule has 12 nitrogen and oxygen atoms in total. The molecule has 0 aromatic rings. The lowest BCUT2D eigenvalue weighted by Gasteiger charge is -2.20. The molecule has 0 bridgehead atoms. The van der Waals surface area contributed by atoms with Gasteiger partial charge in [-0.25, -0.2) is 4.57 Å². The molecule has 13 heteroatoms. The normalized spacial score (nSPS) is 14.0. The lowest BCUT2D eigenvalue weighted by atomic mass is 10.0. The van der Waals surface area contributed by atoms with Gasteiger partial charge in [0, 0.05) is 19.3 Å². The predicted molar refractivity (Wildman–Crippen MR) is 245 cm³/mol. The molecule has 3 atom stereocenters. The largest absolute Gasteiger partial charge is 0.480 e. The molecule has 0 rings (SSSR count). The Bertz CT molecular complexity index is 1280. The zero-order valence-corrected chi connectivity index (χ0v) is 38.9. The topological polar surface area (TPSA) is 189 Å². The van der Waals surface area contributed by atoms with Crippen LogP contribution in [0.3, 0.4) is 0 Å². The number of rotatable bonds is 44. The van der Waals surface area contributed by atoms with Gasteiger partial charge in [0.15, 0.2) is 11.9 Å². The minimum absolute atomic E-state index is 0.0666. The maximum Gasteiger partial charge on any atom is 0.472 e. The molecule has 0 aliphatic rings. The SMILES string of the molecule is CCCCC/C=C\C/C=C\C/C=C\C=C\C(=O)CCCC(=O)OC[C@H](COP(=O)(O)OC[C@H](N)C(=O)O)OC(=O)CCCCCCCCCCCCCCCCCCCCC. The van der Waals surface area contributed by atoms with Crippen LogP contribution >= 0.6 is 7.82 Å². The first-order valence-corrected chi connectivity index (χ1v) is 25.1. The Morgan fingerprint density at radius 3 is 1.59 bits per heavy atom. The van der Waals surface area contributed by atoms with Crippen molar-refractivity contribution in [3.8, 4) is 0 Å². The molecule has 4 N–H and O–H groups in total. The molecule has 0 aliphatic heterocycles. The van der Waals surface area contributed by atoms with Crippen molar-refractivity contribution in [3.05, 3.63) is 48.6 Å². The number of carboxylic acid groups (broad SMARTS) is 1. The number of phosphoric ester groups is 1. The van der Waals surface area contributed by atoms with E-state index in [1.54, 1.807) is 12.2 Å². The Kier molecular flexibility index (Phi) is 40.4. The van der Waals surface area contributed by atoms with Crippen LogP contribution in [0.1, 0.15) is 200 Å². The number of nitrogens with two attached hydrogens (primary N) is 1. The van der Waals surface area contributed by atoms with Gasteiger partial charge in [0.25, 0.3) is 0 Å². The fourth-order valence-electron chi connectivity index (χ4n) is 6.31. The molecule has 0 amide bonds. The van der Waals surface area contributed by atoms with Crippen LogP contribution in [0, 0.1) is 0 Å². The molecule has 0 saturated heterocycles. The highest BCUT2D eigenvalue weighted by molar-refractivity contribution is 7.47. The van der Waals surface area contributed by atoms with Crippen molar-refractivity contribution < 1.29 is 52.3 Å². The molecular weight excluding hydrogens is 797 g/mol. The number of hydrogen-bond donors (Lipinski definition) is 3. The van der Waals surface area contributed by atoms with Gasteiger partial charge in [-0.2, -0.15) is 0 Å². The first kappa shape index (κ1) is 58.1. The fraction of sp³-hybridized carbons (Fsp3) is 0.750. The van der Waals surface area contributed by atoms with Gasteiger partial charge < -0.3 is 25.2 Å². The first-order valence-electron chi connectivity index (χ1n) is 23.6. The van der Waals surface area contributed by atoms with Gasteiger partial charge in [0.1, 0.15) is 12.6 Å². The minimum atomic E-state index is -4.77. The maximum absolute atomic E-state index is 12.7. The predicted octanol–water partition coefficient (Wildman–Crippen LogP) is 12.1. The van der Waals surface area contributed by atoms with Gasteiger partial charge in [-0.05, 0) is 44.6 Å². The van der Waals surface area contributed by atoms with Crippen molar-refractivity contribution in [1.29, 1.82) is 0 Å². The Morgan fingerprint density at radius 1 is 0.557 bits per heavy atom. The van der Waals surface area contributed by atoms with Crippen LogP contribution in [0.15, 0.2) is 48.6 Å². The summed E-state index contributed by atoms with van der Waals surface area (Å²) in [6.07, 6.45) is 44.7. The highest BCUT2D eigenvalue weighted by Gasteiger charge is 2.28. The number of hydrogen-bond acceptors (Lipinski definition) is 10. The summed E-state index contributed by atoms with van der Waals surface area (Å²) in [6.45, 7) is 2.55. The second-order valence-corrected chi connectivity index (χ2v) is 17.4. The molecule has 352 valence electrons. The molecule has 0 saturated carbocycles. The molecule has 0 spiro atoms. The van der Waals surface area contributed by atoms with E-state index in [4.69, 9.17) is 24.8 Å². The van der Waals surface area contributed by atoms with Crippen LogP contribution < -0.4 is 5.73 Å². The highest BCUT2D eigenvalue weighted by atomic mass is 31.2. The summed E-state index contributed by atoms with van der Waals surface area (Å²) in [4.78, 5) is 58.3. The van der Waals surface area contributed by atoms with Gasteiger partial charge in [-0.1, -0.05) is 185 Å². The third-order valence-corrected chi connectivity index (χ3v) is 11.0. The van der Waals surface area contributed by atoms with Gasteiger partial charge in [-0.3, -0.25) is 28.2 Å². The summed E-state index contributed by atoms with van der Waals surface area (Å²) in [5, 5.41) is 8.90. The van der Waals surface area contributed by atoms with Crippen LogP contribution in [0.5, 0.6) is 0 Å². The Balaban J connectivity index is 4.46. The van der Waals surface area contributed by atoms with E-state index in [-0.39, 0.29) is 31.5 Å². The number of aliphatic carboxylic acids is 1. The quantitative estimate of drug-likeness (QED) is 0.0131. The molecule has 0 heterocycles. The zero-order chi connectivity index (χ0) is 45.1. The maximum atomic E-state index is 12.7. The van der Waals surface area contributed by atoms with Gasteiger partial charge in [0.05, 0.1) is 13.2 Å². The summed E-state index contributed by atoms with van der Waals surface area (Å²) >= 11 is 0. The van der Waals surface area contributed by atoms with E-state index in [9.17, 15) is 28.6 Å². The summed E-state index contributed by atoms with van der Waals surface area (Å²) in [5.74, 6) is -2.79. The van der Waals surface area contributed by atoms with E-state index in [0.717, 1.165) is 38.5 Å². The number of carbonyl (C=O) groups excluding carboxylic acids is 3. The molecule has 1 unspecified atom stereocenters. The van der Waals surface area contributed by atoms with E-state index in [2.05, 4.69) is 42.7 Å². The van der Waals surface area contributed by atoms with E-state index in [1.807, 2.05) is 6.08 Å². The second kappa shape index (κ2) is 42.4.